The molecule has 5 rings (SSSR count). The van der Waals surface area contributed by atoms with E-state index < -0.39 is 6.10 Å². The summed E-state index contributed by atoms with van der Waals surface area (Å²) in [6.07, 6.45) is 4.17. The second-order valence-electron chi connectivity index (χ2n) is 8.28. The molecule has 7 heteroatoms. The predicted octanol–water partition coefficient (Wildman–Crippen LogP) is 2.77. The molecule has 1 aliphatic heterocycles. The molecule has 2 aromatic heterocycles. The van der Waals surface area contributed by atoms with Crippen LogP contribution in [-0.2, 0) is 27.1 Å². The average molecular weight is 418 g/mol. The van der Waals surface area contributed by atoms with Gasteiger partial charge in [0.05, 0.1) is 23.6 Å². The van der Waals surface area contributed by atoms with Crippen molar-refractivity contribution in [2.24, 2.45) is 14.1 Å². The zero-order valence-corrected chi connectivity index (χ0v) is 17.9. The van der Waals surface area contributed by atoms with E-state index >= 15 is 0 Å². The van der Waals surface area contributed by atoms with Gasteiger partial charge < -0.3 is 14.4 Å². The fourth-order valence-corrected chi connectivity index (χ4v) is 4.32. The van der Waals surface area contributed by atoms with Gasteiger partial charge >= 0.3 is 0 Å². The van der Waals surface area contributed by atoms with Crippen molar-refractivity contribution in [2.45, 2.75) is 19.1 Å². The van der Waals surface area contributed by atoms with Gasteiger partial charge in [-0.1, -0.05) is 18.2 Å². The molecule has 0 saturated heterocycles. The van der Waals surface area contributed by atoms with Crippen molar-refractivity contribution in [2.75, 3.05) is 19.7 Å². The van der Waals surface area contributed by atoms with Crippen LogP contribution in [0.1, 0.15) is 11.3 Å². The highest BCUT2D eigenvalue weighted by Crippen LogP contribution is 2.27. The largest absolute Gasteiger partial charge is 0.491 e. The molecule has 0 fully saturated rings. The van der Waals surface area contributed by atoms with Gasteiger partial charge in [-0.05, 0) is 35.4 Å². The minimum Gasteiger partial charge on any atom is -0.491 e. The van der Waals surface area contributed by atoms with Gasteiger partial charge in [0.2, 0.25) is 0 Å². The summed E-state index contributed by atoms with van der Waals surface area (Å²) in [6, 6.07) is 14.3. The van der Waals surface area contributed by atoms with Gasteiger partial charge in [0.1, 0.15) is 18.5 Å². The number of β-amino-alcohol motifs (C(OH)–C–C–N with tert-alkyl or cyclic N) is 1. The molecule has 0 aliphatic carbocycles. The van der Waals surface area contributed by atoms with E-state index in [0.717, 1.165) is 47.4 Å². The molecule has 0 amide bonds. The van der Waals surface area contributed by atoms with Crippen LogP contribution in [0, 0.1) is 0 Å². The van der Waals surface area contributed by atoms with Crippen LogP contribution in [-0.4, -0.2) is 55.1 Å². The van der Waals surface area contributed by atoms with E-state index in [1.165, 1.54) is 11.3 Å². The Balaban J connectivity index is 1.21. The summed E-state index contributed by atoms with van der Waals surface area (Å²) < 4.78 is 9.90. The van der Waals surface area contributed by atoms with Gasteiger partial charge in [-0.3, -0.25) is 9.58 Å². The molecule has 2 aromatic carbocycles. The molecule has 1 N–H and O–H groups in total. The number of aliphatic hydroxyl groups is 1. The van der Waals surface area contributed by atoms with Crippen molar-refractivity contribution in [3.63, 3.8) is 0 Å². The summed E-state index contributed by atoms with van der Waals surface area (Å²) in [5, 5.41) is 14.9. The van der Waals surface area contributed by atoms with E-state index in [1.807, 2.05) is 60.1 Å². The molecule has 1 atom stereocenters. The normalized spacial score (nSPS) is 15.2. The molecule has 3 heterocycles. The lowest BCUT2D eigenvalue weighted by atomic mass is 10.0. The topological polar surface area (TPSA) is 68.3 Å². The van der Waals surface area contributed by atoms with Crippen LogP contribution in [0.4, 0.5) is 0 Å². The van der Waals surface area contributed by atoms with Crippen molar-refractivity contribution < 1.29 is 9.84 Å². The van der Waals surface area contributed by atoms with Crippen LogP contribution >= 0.6 is 0 Å². The molecule has 0 bridgehead atoms. The number of hydrogen-bond acceptors (Lipinski definition) is 5. The molecule has 31 heavy (non-hydrogen) atoms. The molecule has 1 aliphatic rings. The number of ether oxygens (including phenoxy) is 1. The Morgan fingerprint density at radius 3 is 2.90 bits per heavy atom. The third-order valence-electron chi connectivity index (χ3n) is 6.01. The molecule has 4 aromatic rings. The van der Waals surface area contributed by atoms with E-state index in [1.54, 1.807) is 0 Å². The smallest absolute Gasteiger partial charge is 0.120 e. The summed E-state index contributed by atoms with van der Waals surface area (Å²) in [4.78, 5) is 6.64. The second kappa shape index (κ2) is 8.17. The summed E-state index contributed by atoms with van der Waals surface area (Å²) in [5.74, 6) is 0.759. The van der Waals surface area contributed by atoms with Crippen molar-refractivity contribution >= 4 is 11.0 Å². The Morgan fingerprint density at radius 1 is 1.13 bits per heavy atom. The van der Waals surface area contributed by atoms with E-state index in [0.29, 0.717) is 6.54 Å². The van der Waals surface area contributed by atoms with Crippen LogP contribution in [0.5, 0.6) is 5.75 Å². The van der Waals surface area contributed by atoms with E-state index in [4.69, 9.17) is 4.74 Å². The minimum atomic E-state index is -0.548. The van der Waals surface area contributed by atoms with Crippen LogP contribution in [0.3, 0.4) is 0 Å². The number of aromatic nitrogens is 4. The zero-order chi connectivity index (χ0) is 21.4. The highest BCUT2D eigenvalue weighted by atomic mass is 16.5. The van der Waals surface area contributed by atoms with Gasteiger partial charge in [0.15, 0.2) is 0 Å². The van der Waals surface area contributed by atoms with Crippen LogP contribution in [0.2, 0.25) is 0 Å². The standard InChI is InChI=1S/C24H27N5O2/c1-27-16-25-22-7-6-18(11-24(22)27)17-4-3-5-21(10-17)31-15-20(30)14-29-9-8-23-19(13-29)12-26-28(23)2/h3-7,10-12,16,20,30H,8-9,13-15H2,1-2H3/t20-/m1/s1. The van der Waals surface area contributed by atoms with Crippen molar-refractivity contribution in [3.05, 3.63) is 66.2 Å². The molecule has 7 nitrogen and oxygen atoms in total. The first-order valence-corrected chi connectivity index (χ1v) is 10.6. The number of hydrogen-bond donors (Lipinski definition) is 1. The van der Waals surface area contributed by atoms with Gasteiger partial charge in [-0.25, -0.2) is 4.98 Å². The summed E-state index contributed by atoms with van der Waals surface area (Å²) in [5.41, 5.74) is 6.82. The van der Waals surface area contributed by atoms with E-state index in [9.17, 15) is 5.11 Å². The second-order valence-corrected chi connectivity index (χ2v) is 8.28. The van der Waals surface area contributed by atoms with Gasteiger partial charge in [0, 0.05) is 51.4 Å². The first-order valence-electron chi connectivity index (χ1n) is 10.6. The number of aryl methyl sites for hydroxylation is 2. The van der Waals surface area contributed by atoms with E-state index in [-0.39, 0.29) is 6.61 Å². The Labute approximate surface area is 181 Å². The van der Waals surface area contributed by atoms with E-state index in [2.05, 4.69) is 33.2 Å². The Morgan fingerprint density at radius 2 is 2.00 bits per heavy atom. The summed E-state index contributed by atoms with van der Waals surface area (Å²) in [7, 11) is 3.98. The predicted molar refractivity (Wildman–Crippen MR) is 120 cm³/mol. The number of fused-ring (bicyclic) bond motifs is 2. The number of rotatable bonds is 6. The Kier molecular flexibility index (Phi) is 5.21. The Hall–Kier alpha value is -3.16. The number of benzene rings is 2. The van der Waals surface area contributed by atoms with Crippen molar-refractivity contribution in [1.29, 1.82) is 0 Å². The van der Waals surface area contributed by atoms with Crippen LogP contribution in [0.15, 0.2) is 55.0 Å². The first kappa shape index (κ1) is 19.8. The number of nitrogens with zero attached hydrogens (tertiary/aromatic N) is 5. The maximum absolute atomic E-state index is 10.5. The monoisotopic (exact) mass is 417 g/mol. The lowest BCUT2D eigenvalue weighted by molar-refractivity contribution is 0.0635. The van der Waals surface area contributed by atoms with Crippen LogP contribution < -0.4 is 4.74 Å². The van der Waals surface area contributed by atoms with Crippen molar-refractivity contribution in [3.8, 4) is 16.9 Å². The highest BCUT2D eigenvalue weighted by Gasteiger charge is 2.21. The maximum Gasteiger partial charge on any atom is 0.120 e. The van der Waals surface area contributed by atoms with Gasteiger partial charge in [-0.15, -0.1) is 0 Å². The lowest BCUT2D eigenvalue weighted by Crippen LogP contribution is -2.39. The maximum atomic E-state index is 10.5. The van der Waals surface area contributed by atoms with Crippen LogP contribution in [0.25, 0.3) is 22.2 Å². The SMILES string of the molecule is Cn1ncc2c1CCN(C[C@@H](O)COc1cccc(-c3ccc4ncn(C)c4c3)c1)C2. The summed E-state index contributed by atoms with van der Waals surface area (Å²) >= 11 is 0. The quantitative estimate of drug-likeness (QED) is 0.523. The molecular formula is C24H27N5O2. The minimum absolute atomic E-state index is 0.264. The third kappa shape index (κ3) is 4.06. The molecular weight excluding hydrogens is 390 g/mol. The molecule has 0 spiro atoms. The summed E-state index contributed by atoms with van der Waals surface area (Å²) in [6.45, 7) is 2.60. The fraction of sp³-hybridized carbons (Fsp3) is 0.333. The highest BCUT2D eigenvalue weighted by molar-refractivity contribution is 5.82. The zero-order valence-electron chi connectivity index (χ0n) is 17.9. The molecule has 160 valence electrons. The third-order valence-corrected chi connectivity index (χ3v) is 6.01. The fourth-order valence-electron chi connectivity index (χ4n) is 4.32. The molecule has 0 radical (unpaired) electrons. The average Bonchev–Trinajstić information content (AvgIpc) is 3.34. The Bertz CT molecular complexity index is 1210. The van der Waals surface area contributed by atoms with Crippen molar-refractivity contribution in [1.82, 2.24) is 24.2 Å². The van der Waals surface area contributed by atoms with Gasteiger partial charge in [-0.2, -0.15) is 5.10 Å². The molecule has 0 unspecified atom stereocenters. The lowest BCUT2D eigenvalue weighted by Gasteiger charge is -2.28. The molecule has 0 saturated carbocycles. The number of imidazole rings is 1. The van der Waals surface area contributed by atoms with Gasteiger partial charge in [0.25, 0.3) is 0 Å². The number of aliphatic hydroxyl groups excluding tert-OH is 1. The first-order chi connectivity index (χ1) is 15.1.